The number of hydrogen-bond donors (Lipinski definition) is 3. The second kappa shape index (κ2) is 4.99. The number of aromatic nitrogens is 2. The largest absolute Gasteiger partial charge is 0.481 e. The van der Waals surface area contributed by atoms with Gasteiger partial charge in [-0.3, -0.25) is 9.59 Å². The molecule has 1 heterocycles. The summed E-state index contributed by atoms with van der Waals surface area (Å²) in [6.45, 7) is 5.33. The normalized spacial score (nSPS) is 11.2. The van der Waals surface area contributed by atoms with Gasteiger partial charge >= 0.3 is 5.97 Å². The molecule has 94 valence electrons. The number of aromatic amines is 1. The number of carbonyl (C=O) groups is 2. The molecule has 0 radical (unpaired) electrons. The third kappa shape index (κ3) is 4.26. The number of nitrogens with one attached hydrogen (secondary N) is 2. The second-order valence-corrected chi connectivity index (χ2v) is 4.61. The van der Waals surface area contributed by atoms with E-state index in [1.807, 2.05) is 0 Å². The van der Waals surface area contributed by atoms with E-state index in [4.69, 9.17) is 5.11 Å². The number of rotatable bonds is 5. The van der Waals surface area contributed by atoms with Crippen LogP contribution in [0.3, 0.4) is 0 Å². The molecule has 1 aromatic rings. The molecule has 6 heteroatoms. The van der Waals surface area contributed by atoms with Crippen LogP contribution < -0.4 is 5.32 Å². The van der Waals surface area contributed by atoms with Crippen LogP contribution in [0.25, 0.3) is 0 Å². The molecule has 0 saturated carbocycles. The van der Waals surface area contributed by atoms with Gasteiger partial charge in [-0.25, -0.2) is 4.98 Å². The SMILES string of the molecule is Cc1ncc(C(=O)NC(C)(C)CCC(=O)O)[nH]1. The lowest BCUT2D eigenvalue weighted by Gasteiger charge is -2.25. The maximum absolute atomic E-state index is 11.8. The molecule has 0 aromatic carbocycles. The topological polar surface area (TPSA) is 95.1 Å². The van der Waals surface area contributed by atoms with Crippen molar-refractivity contribution in [1.82, 2.24) is 15.3 Å². The number of amides is 1. The minimum absolute atomic E-state index is 0.0231. The van der Waals surface area contributed by atoms with Gasteiger partial charge in [-0.15, -0.1) is 0 Å². The van der Waals surface area contributed by atoms with Crippen molar-refractivity contribution >= 4 is 11.9 Å². The number of imidazole rings is 1. The summed E-state index contributed by atoms with van der Waals surface area (Å²) in [6.07, 6.45) is 1.86. The minimum Gasteiger partial charge on any atom is -0.481 e. The average Bonchev–Trinajstić information content (AvgIpc) is 2.61. The third-order valence-electron chi connectivity index (χ3n) is 2.36. The Labute approximate surface area is 99.4 Å². The minimum atomic E-state index is -0.871. The van der Waals surface area contributed by atoms with Crippen LogP contribution in [-0.2, 0) is 4.79 Å². The molecule has 0 saturated heterocycles. The van der Waals surface area contributed by atoms with Gasteiger partial charge in [0.2, 0.25) is 0 Å². The van der Waals surface area contributed by atoms with Gasteiger partial charge in [0.05, 0.1) is 6.20 Å². The summed E-state index contributed by atoms with van der Waals surface area (Å²) in [5.74, 6) is -0.482. The van der Waals surface area contributed by atoms with E-state index in [0.29, 0.717) is 17.9 Å². The number of carboxylic acids is 1. The Hall–Kier alpha value is -1.85. The van der Waals surface area contributed by atoms with E-state index in [1.165, 1.54) is 6.20 Å². The standard InChI is InChI=1S/C11H17N3O3/c1-7-12-6-8(13-7)10(17)14-11(2,3)5-4-9(15)16/h6H,4-5H2,1-3H3,(H,12,13)(H,14,17)(H,15,16). The predicted octanol–water partition coefficient (Wildman–Crippen LogP) is 1.09. The number of carbonyl (C=O) groups excluding carboxylic acids is 1. The number of nitrogens with zero attached hydrogens (tertiary/aromatic N) is 1. The van der Waals surface area contributed by atoms with Gasteiger partial charge in [0.25, 0.3) is 5.91 Å². The van der Waals surface area contributed by atoms with Crippen molar-refractivity contribution < 1.29 is 14.7 Å². The molecule has 1 aromatic heterocycles. The van der Waals surface area contributed by atoms with E-state index in [9.17, 15) is 9.59 Å². The molecule has 0 bridgehead atoms. The summed E-state index contributed by atoms with van der Waals surface area (Å²) >= 11 is 0. The van der Waals surface area contributed by atoms with Crippen LogP contribution in [0.2, 0.25) is 0 Å². The van der Waals surface area contributed by atoms with Crippen molar-refractivity contribution in [3.63, 3.8) is 0 Å². The van der Waals surface area contributed by atoms with Gasteiger partial charge in [0, 0.05) is 12.0 Å². The average molecular weight is 239 g/mol. The zero-order valence-corrected chi connectivity index (χ0v) is 10.2. The van der Waals surface area contributed by atoms with E-state index >= 15 is 0 Å². The highest BCUT2D eigenvalue weighted by Gasteiger charge is 2.22. The first kappa shape index (κ1) is 13.2. The van der Waals surface area contributed by atoms with Gasteiger partial charge in [0.1, 0.15) is 11.5 Å². The molecule has 1 amide bonds. The maximum atomic E-state index is 11.8. The van der Waals surface area contributed by atoms with Crippen LogP contribution in [0.4, 0.5) is 0 Å². The summed E-state index contributed by atoms with van der Waals surface area (Å²) in [7, 11) is 0. The van der Waals surface area contributed by atoms with Crippen LogP contribution in [0.1, 0.15) is 43.0 Å². The molecule has 0 aliphatic carbocycles. The van der Waals surface area contributed by atoms with Crippen LogP contribution in [0.15, 0.2) is 6.20 Å². The molecule has 0 atom stereocenters. The zero-order valence-electron chi connectivity index (χ0n) is 10.2. The Morgan fingerprint density at radius 2 is 2.18 bits per heavy atom. The number of aliphatic carboxylic acids is 1. The number of aryl methyl sites for hydroxylation is 1. The molecular formula is C11H17N3O3. The van der Waals surface area contributed by atoms with Gasteiger partial charge in [0.15, 0.2) is 0 Å². The smallest absolute Gasteiger partial charge is 0.303 e. The summed E-state index contributed by atoms with van der Waals surface area (Å²) in [4.78, 5) is 29.0. The molecule has 0 spiro atoms. The van der Waals surface area contributed by atoms with Crippen LogP contribution in [-0.4, -0.2) is 32.5 Å². The summed E-state index contributed by atoms with van der Waals surface area (Å²) < 4.78 is 0. The highest BCUT2D eigenvalue weighted by Crippen LogP contribution is 2.12. The molecular weight excluding hydrogens is 222 g/mol. The Bertz CT molecular complexity index is 423. The predicted molar refractivity (Wildman–Crippen MR) is 61.7 cm³/mol. The fourth-order valence-corrected chi connectivity index (χ4v) is 1.39. The van der Waals surface area contributed by atoms with E-state index in [1.54, 1.807) is 20.8 Å². The van der Waals surface area contributed by atoms with Crippen molar-refractivity contribution in [1.29, 1.82) is 0 Å². The summed E-state index contributed by atoms with van der Waals surface area (Å²) in [5, 5.41) is 11.4. The van der Waals surface area contributed by atoms with Crippen molar-refractivity contribution in [2.24, 2.45) is 0 Å². The van der Waals surface area contributed by atoms with Crippen LogP contribution >= 0.6 is 0 Å². The van der Waals surface area contributed by atoms with Crippen molar-refractivity contribution in [3.05, 3.63) is 17.7 Å². The molecule has 1 rings (SSSR count). The highest BCUT2D eigenvalue weighted by atomic mass is 16.4. The molecule has 0 aliphatic rings. The van der Waals surface area contributed by atoms with E-state index in [0.717, 1.165) is 0 Å². The molecule has 17 heavy (non-hydrogen) atoms. The first-order valence-corrected chi connectivity index (χ1v) is 5.36. The second-order valence-electron chi connectivity index (χ2n) is 4.61. The lowest BCUT2D eigenvalue weighted by Crippen LogP contribution is -2.43. The Morgan fingerprint density at radius 1 is 1.53 bits per heavy atom. The molecule has 0 aliphatic heterocycles. The number of carboxylic acid groups (broad SMARTS) is 1. The fourth-order valence-electron chi connectivity index (χ4n) is 1.39. The molecule has 3 N–H and O–H groups in total. The van der Waals surface area contributed by atoms with Gasteiger partial charge in [-0.1, -0.05) is 0 Å². The Morgan fingerprint density at radius 3 is 2.65 bits per heavy atom. The maximum Gasteiger partial charge on any atom is 0.303 e. The molecule has 6 nitrogen and oxygen atoms in total. The number of H-pyrrole nitrogens is 1. The van der Waals surface area contributed by atoms with Crippen molar-refractivity contribution in [2.75, 3.05) is 0 Å². The first-order chi connectivity index (χ1) is 7.80. The zero-order chi connectivity index (χ0) is 13.1. The van der Waals surface area contributed by atoms with Crippen LogP contribution in [0, 0.1) is 6.92 Å². The Kier molecular flexibility index (Phi) is 3.88. The van der Waals surface area contributed by atoms with Crippen molar-refractivity contribution in [2.45, 2.75) is 39.2 Å². The van der Waals surface area contributed by atoms with Crippen LogP contribution in [0.5, 0.6) is 0 Å². The highest BCUT2D eigenvalue weighted by molar-refractivity contribution is 5.92. The quantitative estimate of drug-likeness (QED) is 0.716. The lowest BCUT2D eigenvalue weighted by molar-refractivity contribution is -0.137. The molecule has 0 fully saturated rings. The lowest BCUT2D eigenvalue weighted by atomic mass is 9.98. The van der Waals surface area contributed by atoms with E-state index < -0.39 is 11.5 Å². The fraction of sp³-hybridized carbons (Fsp3) is 0.545. The first-order valence-electron chi connectivity index (χ1n) is 5.36. The molecule has 0 unspecified atom stereocenters. The Balaban J connectivity index is 2.58. The number of hydrogen-bond acceptors (Lipinski definition) is 3. The van der Waals surface area contributed by atoms with E-state index in [-0.39, 0.29) is 12.3 Å². The third-order valence-corrected chi connectivity index (χ3v) is 2.36. The monoisotopic (exact) mass is 239 g/mol. The van der Waals surface area contributed by atoms with Gasteiger partial charge in [-0.2, -0.15) is 0 Å². The van der Waals surface area contributed by atoms with E-state index in [2.05, 4.69) is 15.3 Å². The van der Waals surface area contributed by atoms with Gasteiger partial charge in [-0.05, 0) is 27.2 Å². The van der Waals surface area contributed by atoms with Crippen molar-refractivity contribution in [3.8, 4) is 0 Å². The summed E-state index contributed by atoms with van der Waals surface area (Å²) in [6, 6.07) is 0. The van der Waals surface area contributed by atoms with Gasteiger partial charge < -0.3 is 15.4 Å². The summed E-state index contributed by atoms with van der Waals surface area (Å²) in [5.41, 5.74) is -0.181.